The van der Waals surface area contributed by atoms with Gasteiger partial charge in [-0.05, 0) is 19.2 Å². The summed E-state index contributed by atoms with van der Waals surface area (Å²) in [5, 5.41) is 16.0. The molecule has 0 unspecified atom stereocenters. The molecule has 1 aromatic heterocycles. The lowest BCUT2D eigenvalue weighted by molar-refractivity contribution is -0.384. The Labute approximate surface area is 174 Å². The van der Waals surface area contributed by atoms with Crippen molar-refractivity contribution in [3.63, 3.8) is 0 Å². The first-order valence-corrected chi connectivity index (χ1v) is 9.71. The molecule has 0 saturated carbocycles. The van der Waals surface area contributed by atoms with Crippen LogP contribution < -0.4 is 5.32 Å². The molecule has 1 amide bonds. The van der Waals surface area contributed by atoms with Crippen LogP contribution >= 0.6 is 22.9 Å². The lowest BCUT2D eigenvalue weighted by Gasteiger charge is -2.17. The molecule has 0 atom stereocenters. The molecule has 0 aliphatic heterocycles. The minimum Gasteiger partial charge on any atom is -0.301 e. The number of amides is 1. The van der Waals surface area contributed by atoms with Crippen molar-refractivity contribution in [2.75, 3.05) is 18.9 Å². The van der Waals surface area contributed by atoms with Gasteiger partial charge in [0.25, 0.3) is 5.69 Å². The van der Waals surface area contributed by atoms with E-state index in [-0.39, 0.29) is 24.7 Å². The van der Waals surface area contributed by atoms with Gasteiger partial charge in [0.05, 0.1) is 17.2 Å². The number of hydrogen-bond acceptors (Lipinski definition) is 6. The van der Waals surface area contributed by atoms with Crippen LogP contribution in [0.25, 0.3) is 11.3 Å². The second kappa shape index (κ2) is 9.08. The Kier molecular flexibility index (Phi) is 6.53. The number of nitrogens with one attached hydrogen (secondary N) is 1. The smallest absolute Gasteiger partial charge is 0.270 e. The number of benzene rings is 2. The third kappa shape index (κ3) is 5.35. The van der Waals surface area contributed by atoms with E-state index < -0.39 is 10.7 Å². The van der Waals surface area contributed by atoms with Crippen LogP contribution in [-0.4, -0.2) is 34.3 Å². The molecule has 1 heterocycles. The van der Waals surface area contributed by atoms with Crippen molar-refractivity contribution in [3.8, 4) is 11.3 Å². The number of hydrogen-bond donors (Lipinski definition) is 1. The average Bonchev–Trinajstić information content (AvgIpc) is 3.13. The predicted molar refractivity (Wildman–Crippen MR) is 111 cm³/mol. The van der Waals surface area contributed by atoms with E-state index in [1.165, 1.54) is 35.6 Å². The number of carbonyl (C=O) groups is 1. The third-order valence-corrected chi connectivity index (χ3v) is 5.12. The summed E-state index contributed by atoms with van der Waals surface area (Å²) in [6, 6.07) is 10.5. The second-order valence-electron chi connectivity index (χ2n) is 6.27. The number of likely N-dealkylation sites (N-methyl/N-ethyl adjacent to an activating group) is 1. The van der Waals surface area contributed by atoms with Crippen molar-refractivity contribution in [2.45, 2.75) is 6.54 Å². The van der Waals surface area contributed by atoms with Gasteiger partial charge >= 0.3 is 0 Å². The summed E-state index contributed by atoms with van der Waals surface area (Å²) in [6.07, 6.45) is 0. The van der Waals surface area contributed by atoms with Crippen molar-refractivity contribution < 1.29 is 14.1 Å². The first kappa shape index (κ1) is 20.8. The normalized spacial score (nSPS) is 10.9. The Morgan fingerprint density at radius 1 is 1.34 bits per heavy atom. The number of rotatable bonds is 7. The Morgan fingerprint density at radius 3 is 2.83 bits per heavy atom. The number of nitro groups is 1. The SMILES string of the molecule is CN(CC(=O)Nc1nc(-c2cccc([N+](=O)[O-])c2)cs1)Cc1c(F)cccc1Cl. The molecule has 0 radical (unpaired) electrons. The molecule has 0 saturated heterocycles. The zero-order chi connectivity index (χ0) is 21.0. The van der Waals surface area contributed by atoms with Crippen LogP contribution in [0.4, 0.5) is 15.2 Å². The van der Waals surface area contributed by atoms with Crippen LogP contribution in [0.3, 0.4) is 0 Å². The zero-order valence-electron chi connectivity index (χ0n) is 15.3. The highest BCUT2D eigenvalue weighted by Crippen LogP contribution is 2.27. The molecule has 10 heteroatoms. The molecule has 3 rings (SSSR count). The maximum Gasteiger partial charge on any atom is 0.270 e. The molecule has 7 nitrogen and oxygen atoms in total. The molecule has 2 aromatic carbocycles. The number of nitrogens with zero attached hydrogens (tertiary/aromatic N) is 3. The highest BCUT2D eigenvalue weighted by atomic mass is 35.5. The molecular weight excluding hydrogens is 419 g/mol. The van der Waals surface area contributed by atoms with Crippen LogP contribution in [-0.2, 0) is 11.3 Å². The quantitative estimate of drug-likeness (QED) is 0.434. The molecule has 0 spiro atoms. The lowest BCUT2D eigenvalue weighted by Crippen LogP contribution is -2.30. The van der Waals surface area contributed by atoms with Gasteiger partial charge in [0, 0.05) is 40.2 Å². The molecule has 0 aliphatic rings. The summed E-state index contributed by atoms with van der Waals surface area (Å²) < 4.78 is 13.9. The van der Waals surface area contributed by atoms with Crippen molar-refractivity contribution in [1.29, 1.82) is 0 Å². The first-order chi connectivity index (χ1) is 13.8. The van der Waals surface area contributed by atoms with Gasteiger partial charge in [-0.2, -0.15) is 0 Å². The summed E-state index contributed by atoms with van der Waals surface area (Å²) in [6.45, 7) is 0.187. The van der Waals surface area contributed by atoms with E-state index in [4.69, 9.17) is 11.6 Å². The average molecular weight is 435 g/mol. The topological polar surface area (TPSA) is 88.4 Å². The number of nitro benzene ring substituents is 1. The fraction of sp³-hybridized carbons (Fsp3) is 0.158. The Hall–Kier alpha value is -2.88. The van der Waals surface area contributed by atoms with Crippen molar-refractivity contribution >= 4 is 39.7 Å². The van der Waals surface area contributed by atoms with E-state index in [9.17, 15) is 19.3 Å². The second-order valence-corrected chi connectivity index (χ2v) is 7.53. The van der Waals surface area contributed by atoms with Gasteiger partial charge in [0.1, 0.15) is 5.82 Å². The Bertz CT molecular complexity index is 1040. The predicted octanol–water partition coefficient (Wildman–Crippen LogP) is 4.58. The van der Waals surface area contributed by atoms with Gasteiger partial charge < -0.3 is 5.32 Å². The molecule has 150 valence electrons. The summed E-state index contributed by atoms with van der Waals surface area (Å²) in [4.78, 5) is 28.6. The third-order valence-electron chi connectivity index (χ3n) is 4.01. The highest BCUT2D eigenvalue weighted by Gasteiger charge is 2.15. The fourth-order valence-electron chi connectivity index (χ4n) is 2.66. The Balaban J connectivity index is 1.62. The van der Waals surface area contributed by atoms with Gasteiger partial charge in [-0.25, -0.2) is 9.37 Å². The summed E-state index contributed by atoms with van der Waals surface area (Å²) in [5.41, 5.74) is 1.41. The fourth-order valence-corrected chi connectivity index (χ4v) is 3.61. The number of thiazole rings is 1. The van der Waals surface area contributed by atoms with E-state index in [1.807, 2.05) is 0 Å². The van der Waals surface area contributed by atoms with Gasteiger partial charge in [0.2, 0.25) is 5.91 Å². The van der Waals surface area contributed by atoms with Gasteiger partial charge in [-0.1, -0.05) is 29.8 Å². The molecule has 0 aliphatic carbocycles. The van der Waals surface area contributed by atoms with Crippen LogP contribution in [0.5, 0.6) is 0 Å². The molecular formula is C19H16ClFN4O3S. The number of non-ortho nitro benzene ring substituents is 1. The van der Waals surface area contributed by atoms with E-state index in [0.29, 0.717) is 27.0 Å². The number of halogens is 2. The van der Waals surface area contributed by atoms with Gasteiger partial charge in [-0.15, -0.1) is 11.3 Å². The molecule has 29 heavy (non-hydrogen) atoms. The van der Waals surface area contributed by atoms with E-state index in [2.05, 4.69) is 10.3 Å². The van der Waals surface area contributed by atoms with E-state index in [0.717, 1.165) is 0 Å². The van der Waals surface area contributed by atoms with Crippen LogP contribution in [0.2, 0.25) is 5.02 Å². The zero-order valence-corrected chi connectivity index (χ0v) is 16.8. The largest absolute Gasteiger partial charge is 0.301 e. The Morgan fingerprint density at radius 2 is 2.10 bits per heavy atom. The number of aromatic nitrogens is 1. The maximum atomic E-state index is 13.9. The van der Waals surface area contributed by atoms with Gasteiger partial charge in [0.15, 0.2) is 5.13 Å². The van der Waals surface area contributed by atoms with Crippen molar-refractivity contribution in [1.82, 2.24) is 9.88 Å². The monoisotopic (exact) mass is 434 g/mol. The standard InChI is InChI=1S/C19H16ClFN4O3S/c1-24(9-14-15(20)6-3-7-16(14)21)10-18(26)23-19-22-17(11-29-19)12-4-2-5-13(8-12)25(27)28/h2-8,11H,9-10H2,1H3,(H,22,23,26). The van der Waals surface area contributed by atoms with Crippen LogP contribution in [0.1, 0.15) is 5.56 Å². The van der Waals surface area contributed by atoms with Crippen LogP contribution in [0.15, 0.2) is 47.8 Å². The number of anilines is 1. The van der Waals surface area contributed by atoms with Crippen molar-refractivity contribution in [3.05, 3.63) is 74.4 Å². The summed E-state index contributed by atoms with van der Waals surface area (Å²) in [7, 11) is 1.68. The lowest BCUT2D eigenvalue weighted by atomic mass is 10.1. The molecule has 1 N–H and O–H groups in total. The summed E-state index contributed by atoms with van der Waals surface area (Å²) in [5.74, 6) is -0.744. The van der Waals surface area contributed by atoms with E-state index in [1.54, 1.807) is 35.5 Å². The summed E-state index contributed by atoms with van der Waals surface area (Å²) >= 11 is 7.22. The van der Waals surface area contributed by atoms with Crippen molar-refractivity contribution in [2.24, 2.45) is 0 Å². The molecule has 3 aromatic rings. The highest BCUT2D eigenvalue weighted by molar-refractivity contribution is 7.14. The minimum atomic E-state index is -0.476. The van der Waals surface area contributed by atoms with Crippen LogP contribution in [0, 0.1) is 15.9 Å². The molecule has 0 bridgehead atoms. The molecule has 0 fully saturated rings. The van der Waals surface area contributed by atoms with E-state index >= 15 is 0 Å². The maximum absolute atomic E-state index is 13.9. The first-order valence-electron chi connectivity index (χ1n) is 8.45. The number of carbonyl (C=O) groups excluding carboxylic acids is 1. The minimum absolute atomic E-state index is 0.0103. The van der Waals surface area contributed by atoms with Gasteiger partial charge in [-0.3, -0.25) is 19.8 Å².